The normalized spacial score (nSPS) is 19.1. The molecule has 4 rings (SSSR count). The van der Waals surface area contributed by atoms with Crippen LogP contribution in [0.2, 0.25) is 0 Å². The van der Waals surface area contributed by atoms with Crippen molar-refractivity contribution in [1.29, 1.82) is 0 Å². The lowest BCUT2D eigenvalue weighted by Gasteiger charge is -2.23. The molecule has 104 valence electrons. The van der Waals surface area contributed by atoms with Crippen molar-refractivity contribution in [1.82, 2.24) is 5.32 Å². The van der Waals surface area contributed by atoms with Gasteiger partial charge in [0.1, 0.15) is 0 Å². The van der Waals surface area contributed by atoms with Crippen LogP contribution in [0, 0.1) is 0 Å². The summed E-state index contributed by atoms with van der Waals surface area (Å²) in [6.45, 7) is 5.43. The van der Waals surface area contributed by atoms with Gasteiger partial charge in [-0.3, -0.25) is 4.31 Å². The Morgan fingerprint density at radius 3 is 2.35 bits per heavy atom. The summed E-state index contributed by atoms with van der Waals surface area (Å²) in [5.41, 5.74) is 3.21. The van der Waals surface area contributed by atoms with E-state index in [0.717, 1.165) is 29.5 Å². The number of rotatable bonds is 1. The first kappa shape index (κ1) is 12.2. The standard InChI is InChI=1S/C15H16N2O2S/c1-9(2)17-12-5-3-10-7-16-8-11-4-6-13(20(17,18)19)15(12)14(10)11/h3-6,9,16H,7-8H2,1-2H3. The molecule has 4 nitrogen and oxygen atoms in total. The second-order valence-corrected chi connectivity index (χ2v) is 7.50. The molecule has 20 heavy (non-hydrogen) atoms. The molecule has 5 heteroatoms. The second kappa shape index (κ2) is 3.74. The molecular formula is C15H16N2O2S. The Labute approximate surface area is 118 Å². The maximum Gasteiger partial charge on any atom is 0.265 e. The SMILES string of the molecule is CC(C)N1c2ccc3c4c(ccc(c24)S1(=O)=O)CNC3. The number of hydrogen-bond acceptors (Lipinski definition) is 3. The van der Waals surface area contributed by atoms with E-state index >= 15 is 0 Å². The van der Waals surface area contributed by atoms with Crippen molar-refractivity contribution in [3.8, 4) is 0 Å². The molecule has 0 aromatic heterocycles. The van der Waals surface area contributed by atoms with E-state index in [0.29, 0.717) is 4.90 Å². The minimum absolute atomic E-state index is 0.0778. The van der Waals surface area contributed by atoms with Gasteiger partial charge in [0.25, 0.3) is 10.0 Å². The predicted molar refractivity (Wildman–Crippen MR) is 79.3 cm³/mol. The zero-order valence-corrected chi connectivity index (χ0v) is 12.3. The Balaban J connectivity index is 2.20. The number of anilines is 1. The van der Waals surface area contributed by atoms with Crippen LogP contribution in [0.15, 0.2) is 29.2 Å². The van der Waals surface area contributed by atoms with Gasteiger partial charge in [-0.15, -0.1) is 0 Å². The molecule has 2 aromatic carbocycles. The summed E-state index contributed by atoms with van der Waals surface area (Å²) in [5, 5.41) is 5.39. The Morgan fingerprint density at radius 2 is 1.70 bits per heavy atom. The van der Waals surface area contributed by atoms with Crippen LogP contribution in [0.1, 0.15) is 25.0 Å². The molecule has 2 heterocycles. The number of hydrogen-bond donors (Lipinski definition) is 1. The van der Waals surface area contributed by atoms with Crippen LogP contribution in [-0.4, -0.2) is 14.5 Å². The largest absolute Gasteiger partial charge is 0.309 e. The van der Waals surface area contributed by atoms with E-state index < -0.39 is 10.0 Å². The van der Waals surface area contributed by atoms with Crippen LogP contribution < -0.4 is 9.62 Å². The fraction of sp³-hybridized carbons (Fsp3) is 0.333. The molecule has 0 amide bonds. The molecule has 0 bridgehead atoms. The van der Waals surface area contributed by atoms with Crippen molar-refractivity contribution in [3.63, 3.8) is 0 Å². The molecular weight excluding hydrogens is 272 g/mol. The summed E-state index contributed by atoms with van der Waals surface area (Å²) in [4.78, 5) is 0.462. The minimum atomic E-state index is -3.40. The monoisotopic (exact) mass is 288 g/mol. The van der Waals surface area contributed by atoms with Crippen molar-refractivity contribution in [2.75, 3.05) is 4.31 Å². The van der Waals surface area contributed by atoms with Crippen molar-refractivity contribution in [2.45, 2.75) is 37.9 Å². The molecule has 2 aliphatic rings. The molecule has 0 radical (unpaired) electrons. The van der Waals surface area contributed by atoms with Crippen molar-refractivity contribution >= 4 is 26.5 Å². The van der Waals surface area contributed by atoms with E-state index in [1.165, 1.54) is 11.1 Å². The van der Waals surface area contributed by atoms with Crippen LogP contribution in [0.25, 0.3) is 10.8 Å². The Bertz CT molecular complexity index is 830. The predicted octanol–water partition coefficient (Wildman–Crippen LogP) is 2.36. The first-order valence-electron chi connectivity index (χ1n) is 6.84. The van der Waals surface area contributed by atoms with E-state index in [4.69, 9.17) is 0 Å². The molecule has 0 spiro atoms. The Hall–Kier alpha value is -1.59. The zero-order valence-electron chi connectivity index (χ0n) is 11.5. The molecule has 0 unspecified atom stereocenters. The zero-order chi connectivity index (χ0) is 14.1. The summed E-state index contributed by atoms with van der Waals surface area (Å²) in [7, 11) is -3.40. The third-order valence-electron chi connectivity index (χ3n) is 4.15. The average molecular weight is 288 g/mol. The van der Waals surface area contributed by atoms with Crippen LogP contribution in [0.4, 0.5) is 5.69 Å². The Morgan fingerprint density at radius 1 is 1.05 bits per heavy atom. The highest BCUT2D eigenvalue weighted by Gasteiger charge is 2.38. The van der Waals surface area contributed by atoms with E-state index in [1.807, 2.05) is 32.0 Å². The van der Waals surface area contributed by atoms with Gasteiger partial charge >= 0.3 is 0 Å². The quantitative estimate of drug-likeness (QED) is 0.876. The van der Waals surface area contributed by atoms with Gasteiger partial charge in [-0.2, -0.15) is 0 Å². The Kier molecular flexibility index (Phi) is 2.28. The first-order chi connectivity index (χ1) is 9.51. The highest BCUT2D eigenvalue weighted by molar-refractivity contribution is 7.93. The summed E-state index contributed by atoms with van der Waals surface area (Å²) in [5.74, 6) is 0. The summed E-state index contributed by atoms with van der Waals surface area (Å²) < 4.78 is 27.0. The van der Waals surface area contributed by atoms with Gasteiger partial charge in [-0.25, -0.2) is 8.42 Å². The highest BCUT2D eigenvalue weighted by atomic mass is 32.2. The highest BCUT2D eigenvalue weighted by Crippen LogP contribution is 2.46. The third kappa shape index (κ3) is 1.32. The number of benzene rings is 2. The van der Waals surface area contributed by atoms with Gasteiger partial charge in [-0.1, -0.05) is 12.1 Å². The van der Waals surface area contributed by atoms with Crippen molar-refractivity contribution < 1.29 is 8.42 Å². The molecule has 1 N–H and O–H groups in total. The maximum atomic E-state index is 12.7. The van der Waals surface area contributed by atoms with Gasteiger partial charge in [0.2, 0.25) is 0 Å². The van der Waals surface area contributed by atoms with Crippen LogP contribution in [-0.2, 0) is 23.1 Å². The molecule has 0 saturated carbocycles. The second-order valence-electron chi connectivity index (χ2n) is 5.71. The van der Waals surface area contributed by atoms with E-state index in [1.54, 1.807) is 10.4 Å². The van der Waals surface area contributed by atoms with E-state index in [-0.39, 0.29) is 6.04 Å². The topological polar surface area (TPSA) is 49.4 Å². The van der Waals surface area contributed by atoms with Gasteiger partial charge in [0.05, 0.1) is 10.6 Å². The van der Waals surface area contributed by atoms with Gasteiger partial charge in [0, 0.05) is 24.5 Å². The molecule has 0 fully saturated rings. The van der Waals surface area contributed by atoms with Crippen LogP contribution in [0.3, 0.4) is 0 Å². The molecule has 0 atom stereocenters. The van der Waals surface area contributed by atoms with Gasteiger partial charge < -0.3 is 5.32 Å². The lowest BCUT2D eigenvalue weighted by atomic mass is 9.95. The average Bonchev–Trinajstić information content (AvgIpc) is 2.65. The fourth-order valence-electron chi connectivity index (χ4n) is 3.41. The smallest absolute Gasteiger partial charge is 0.265 e. The third-order valence-corrected chi connectivity index (χ3v) is 6.18. The summed E-state index contributed by atoms with van der Waals surface area (Å²) in [6.07, 6.45) is 0. The first-order valence-corrected chi connectivity index (χ1v) is 8.28. The summed E-state index contributed by atoms with van der Waals surface area (Å²) >= 11 is 0. The van der Waals surface area contributed by atoms with Gasteiger partial charge in [-0.05, 0) is 42.5 Å². The minimum Gasteiger partial charge on any atom is -0.309 e. The molecule has 0 saturated heterocycles. The number of sulfonamides is 1. The lowest BCUT2D eigenvalue weighted by molar-refractivity contribution is 0.588. The van der Waals surface area contributed by atoms with Crippen molar-refractivity contribution in [2.24, 2.45) is 0 Å². The molecule has 2 aliphatic heterocycles. The van der Waals surface area contributed by atoms with Crippen molar-refractivity contribution in [3.05, 3.63) is 35.4 Å². The molecule has 0 aliphatic carbocycles. The fourth-order valence-corrected chi connectivity index (χ4v) is 5.29. The maximum absolute atomic E-state index is 12.7. The van der Waals surface area contributed by atoms with E-state index in [2.05, 4.69) is 5.32 Å². The van der Waals surface area contributed by atoms with Gasteiger partial charge in [0.15, 0.2) is 0 Å². The summed E-state index contributed by atoms with van der Waals surface area (Å²) in [6, 6.07) is 7.62. The van der Waals surface area contributed by atoms with E-state index in [9.17, 15) is 8.42 Å². The number of nitrogens with one attached hydrogen (secondary N) is 1. The molecule has 2 aromatic rings. The number of nitrogens with zero attached hydrogens (tertiary/aromatic N) is 1. The van der Waals surface area contributed by atoms with Crippen LogP contribution in [0.5, 0.6) is 0 Å². The van der Waals surface area contributed by atoms with Crippen LogP contribution >= 0.6 is 0 Å². The lowest BCUT2D eigenvalue weighted by Crippen LogP contribution is -2.33.